The molecule has 2 fully saturated rings. The van der Waals surface area contributed by atoms with Crippen LogP contribution in [0.1, 0.15) is 32.6 Å². The quantitative estimate of drug-likeness (QED) is 0.773. The van der Waals surface area contributed by atoms with Gasteiger partial charge in [0.1, 0.15) is 0 Å². The highest BCUT2D eigenvalue weighted by Gasteiger charge is 2.40. The van der Waals surface area contributed by atoms with Gasteiger partial charge in [0.05, 0.1) is 5.75 Å². The monoisotopic (exact) mass is 289 g/mol. The van der Waals surface area contributed by atoms with E-state index in [1.54, 1.807) is 14.1 Å². The predicted octanol–water partition coefficient (Wildman–Crippen LogP) is 0.483. The maximum absolute atomic E-state index is 11.9. The lowest BCUT2D eigenvalue weighted by Gasteiger charge is -2.39. The zero-order valence-electron chi connectivity index (χ0n) is 12.3. The van der Waals surface area contributed by atoms with Crippen molar-refractivity contribution in [3.8, 4) is 0 Å². The van der Waals surface area contributed by atoms with Gasteiger partial charge in [-0.05, 0) is 32.2 Å². The Morgan fingerprint density at radius 3 is 2.26 bits per heavy atom. The predicted molar refractivity (Wildman–Crippen MR) is 77.7 cm³/mol. The number of hydrogen-bond donors (Lipinski definition) is 1. The van der Waals surface area contributed by atoms with Gasteiger partial charge < -0.3 is 5.32 Å². The molecule has 2 saturated heterocycles. The van der Waals surface area contributed by atoms with E-state index in [0.29, 0.717) is 24.7 Å². The molecule has 0 aromatic carbocycles. The number of nitrogens with zero attached hydrogens (tertiary/aromatic N) is 2. The lowest BCUT2D eigenvalue weighted by Crippen LogP contribution is -2.50. The Hall–Kier alpha value is -0.170. The van der Waals surface area contributed by atoms with Crippen molar-refractivity contribution in [1.82, 2.24) is 14.5 Å². The first-order valence-electron chi connectivity index (χ1n) is 7.33. The standard InChI is InChI=1S/C13H27N3O2S/c1-4-14-11-9-12-5-6-13(10-11)16(12)7-8-19(17,18)15(2)3/h11-14H,4-10H2,1-3H3. The SMILES string of the molecule is CCNC1CC2CCC(C1)N2CCS(=O)(=O)N(C)C. The van der Waals surface area contributed by atoms with Crippen LogP contribution in [-0.4, -0.2) is 68.7 Å². The molecule has 0 spiro atoms. The second-order valence-electron chi connectivity index (χ2n) is 5.95. The first-order valence-corrected chi connectivity index (χ1v) is 8.94. The molecule has 0 radical (unpaired) electrons. The van der Waals surface area contributed by atoms with Crippen molar-refractivity contribution in [2.45, 2.75) is 50.7 Å². The van der Waals surface area contributed by atoms with Crippen molar-refractivity contribution < 1.29 is 8.42 Å². The van der Waals surface area contributed by atoms with Crippen molar-refractivity contribution in [2.75, 3.05) is 32.9 Å². The van der Waals surface area contributed by atoms with Crippen LogP contribution in [0.4, 0.5) is 0 Å². The smallest absolute Gasteiger partial charge is 0.214 e. The largest absolute Gasteiger partial charge is 0.314 e. The van der Waals surface area contributed by atoms with E-state index in [1.165, 1.54) is 30.0 Å². The van der Waals surface area contributed by atoms with Gasteiger partial charge in [0.15, 0.2) is 0 Å². The summed E-state index contributed by atoms with van der Waals surface area (Å²) >= 11 is 0. The summed E-state index contributed by atoms with van der Waals surface area (Å²) in [6.07, 6.45) is 4.81. The van der Waals surface area contributed by atoms with E-state index >= 15 is 0 Å². The molecular weight excluding hydrogens is 262 g/mol. The minimum Gasteiger partial charge on any atom is -0.314 e. The van der Waals surface area contributed by atoms with Gasteiger partial charge in [-0.3, -0.25) is 4.90 Å². The molecule has 0 amide bonds. The van der Waals surface area contributed by atoms with Crippen molar-refractivity contribution in [1.29, 1.82) is 0 Å². The highest BCUT2D eigenvalue weighted by molar-refractivity contribution is 7.89. The van der Waals surface area contributed by atoms with Crippen LogP contribution in [0.3, 0.4) is 0 Å². The molecule has 5 nitrogen and oxygen atoms in total. The van der Waals surface area contributed by atoms with Gasteiger partial charge in [-0.15, -0.1) is 0 Å². The van der Waals surface area contributed by atoms with Crippen molar-refractivity contribution in [3.63, 3.8) is 0 Å². The van der Waals surface area contributed by atoms with Crippen LogP contribution in [0.15, 0.2) is 0 Å². The molecule has 2 bridgehead atoms. The van der Waals surface area contributed by atoms with Crippen LogP contribution in [0, 0.1) is 0 Å². The average Bonchev–Trinajstić information content (AvgIpc) is 2.57. The van der Waals surface area contributed by atoms with Crippen molar-refractivity contribution in [3.05, 3.63) is 0 Å². The minimum absolute atomic E-state index is 0.249. The normalized spacial score (nSPS) is 32.1. The van der Waals surface area contributed by atoms with E-state index in [2.05, 4.69) is 17.1 Å². The number of rotatable bonds is 6. The third kappa shape index (κ3) is 3.48. The van der Waals surface area contributed by atoms with E-state index in [-0.39, 0.29) is 5.75 Å². The maximum Gasteiger partial charge on any atom is 0.214 e. The van der Waals surface area contributed by atoms with Crippen molar-refractivity contribution >= 4 is 10.0 Å². The van der Waals surface area contributed by atoms with Crippen LogP contribution < -0.4 is 5.32 Å². The summed E-state index contributed by atoms with van der Waals surface area (Å²) in [5.74, 6) is 0.249. The zero-order valence-corrected chi connectivity index (χ0v) is 13.1. The van der Waals surface area contributed by atoms with E-state index in [4.69, 9.17) is 0 Å². The average molecular weight is 289 g/mol. The van der Waals surface area contributed by atoms with Crippen molar-refractivity contribution in [2.24, 2.45) is 0 Å². The second kappa shape index (κ2) is 6.08. The topological polar surface area (TPSA) is 52.7 Å². The summed E-state index contributed by atoms with van der Waals surface area (Å²) in [6, 6.07) is 1.80. The highest BCUT2D eigenvalue weighted by atomic mass is 32.2. The molecule has 2 rings (SSSR count). The fourth-order valence-corrected chi connectivity index (χ4v) is 4.30. The van der Waals surface area contributed by atoms with Crippen LogP contribution in [0.5, 0.6) is 0 Å². The second-order valence-corrected chi connectivity index (χ2v) is 8.25. The first kappa shape index (κ1) is 15.2. The Kier molecular flexibility index (Phi) is 4.87. The molecule has 2 atom stereocenters. The van der Waals surface area contributed by atoms with Gasteiger partial charge >= 0.3 is 0 Å². The summed E-state index contributed by atoms with van der Waals surface area (Å²) in [6.45, 7) is 3.87. The van der Waals surface area contributed by atoms with Gasteiger partial charge in [-0.1, -0.05) is 6.92 Å². The zero-order chi connectivity index (χ0) is 14.0. The Morgan fingerprint density at radius 1 is 1.21 bits per heavy atom. The molecule has 0 aromatic heterocycles. The lowest BCUT2D eigenvalue weighted by molar-refractivity contribution is 0.125. The maximum atomic E-state index is 11.9. The first-order chi connectivity index (χ1) is 8.94. The third-order valence-electron chi connectivity index (χ3n) is 4.54. The van der Waals surface area contributed by atoms with E-state index < -0.39 is 10.0 Å². The molecule has 0 aliphatic carbocycles. The highest BCUT2D eigenvalue weighted by Crippen LogP contribution is 2.35. The van der Waals surface area contributed by atoms with E-state index in [9.17, 15) is 8.42 Å². The summed E-state index contributed by atoms with van der Waals surface area (Å²) in [4.78, 5) is 2.44. The molecule has 2 aliphatic heterocycles. The molecular formula is C13H27N3O2S. The Balaban J connectivity index is 1.90. The molecule has 0 saturated carbocycles. The summed E-state index contributed by atoms with van der Waals surface area (Å²) in [5.41, 5.74) is 0. The van der Waals surface area contributed by atoms with E-state index in [1.807, 2.05) is 0 Å². The minimum atomic E-state index is -3.06. The molecule has 2 heterocycles. The van der Waals surface area contributed by atoms with Crippen LogP contribution in [-0.2, 0) is 10.0 Å². The number of sulfonamides is 1. The van der Waals surface area contributed by atoms with Gasteiger partial charge in [0, 0.05) is 38.8 Å². The number of fused-ring (bicyclic) bond motifs is 2. The molecule has 2 unspecified atom stereocenters. The lowest BCUT2D eigenvalue weighted by atomic mass is 9.97. The Labute approximate surface area is 117 Å². The van der Waals surface area contributed by atoms with Crippen LogP contribution in [0.25, 0.3) is 0 Å². The Morgan fingerprint density at radius 2 is 1.79 bits per heavy atom. The number of piperidine rings is 1. The summed E-state index contributed by atoms with van der Waals surface area (Å²) in [7, 11) is 0.161. The summed E-state index contributed by atoms with van der Waals surface area (Å²) < 4.78 is 25.1. The third-order valence-corrected chi connectivity index (χ3v) is 6.35. The number of nitrogens with one attached hydrogen (secondary N) is 1. The van der Waals surface area contributed by atoms with Crippen LogP contribution >= 0.6 is 0 Å². The molecule has 112 valence electrons. The van der Waals surface area contributed by atoms with Gasteiger partial charge in [-0.2, -0.15) is 0 Å². The van der Waals surface area contributed by atoms with E-state index in [0.717, 1.165) is 6.54 Å². The number of hydrogen-bond acceptors (Lipinski definition) is 4. The fraction of sp³-hybridized carbons (Fsp3) is 1.00. The van der Waals surface area contributed by atoms with Gasteiger partial charge in [0.2, 0.25) is 10.0 Å². The molecule has 2 aliphatic rings. The van der Waals surface area contributed by atoms with Gasteiger partial charge in [0.25, 0.3) is 0 Å². The molecule has 0 aromatic rings. The molecule has 19 heavy (non-hydrogen) atoms. The fourth-order valence-electron chi connectivity index (χ4n) is 3.50. The molecule has 1 N–H and O–H groups in total. The van der Waals surface area contributed by atoms with Gasteiger partial charge in [-0.25, -0.2) is 12.7 Å². The van der Waals surface area contributed by atoms with Crippen LogP contribution in [0.2, 0.25) is 0 Å². The Bertz CT molecular complexity index is 383. The molecule has 6 heteroatoms. The summed E-state index contributed by atoms with van der Waals surface area (Å²) in [5, 5.41) is 3.54.